The van der Waals surface area contributed by atoms with Crippen LogP contribution in [0.25, 0.3) is 0 Å². The van der Waals surface area contributed by atoms with Gasteiger partial charge in [0, 0.05) is 0 Å². The first-order valence-electron chi connectivity index (χ1n) is 4.60. The van der Waals surface area contributed by atoms with E-state index in [1.165, 1.54) is 11.1 Å². The predicted octanol–water partition coefficient (Wildman–Crippen LogP) is 3.41. The van der Waals surface area contributed by atoms with Crippen molar-refractivity contribution in [2.24, 2.45) is 0 Å². The minimum atomic E-state index is 0.525. The number of rotatable bonds is 3. The minimum Gasteiger partial charge on any atom is -0.300 e. The lowest BCUT2D eigenvalue weighted by Crippen LogP contribution is -1.95. The number of benzene rings is 1. The molecule has 0 atom stereocenters. The smallest absolute Gasteiger partial charge is 0.0612 e. The molecule has 0 aliphatic carbocycles. The van der Waals surface area contributed by atoms with Gasteiger partial charge in [0.1, 0.15) is 0 Å². The normalized spacial score (nSPS) is 10.4. The van der Waals surface area contributed by atoms with Crippen LogP contribution in [0.3, 0.4) is 0 Å². The summed E-state index contributed by atoms with van der Waals surface area (Å²) in [6, 6.07) is 6.14. The Hall–Kier alpha value is -1.63. The quantitative estimate of drug-likeness (QED) is 0.551. The fraction of sp³-hybridized carbons (Fsp3) is 0.154. The Balaban J connectivity index is 3.01. The van der Waals surface area contributed by atoms with Gasteiger partial charge in [-0.15, -0.1) is 0 Å². The summed E-state index contributed by atoms with van der Waals surface area (Å²) in [6.45, 7) is 7.66. The minimum absolute atomic E-state index is 0.525. The van der Waals surface area contributed by atoms with Gasteiger partial charge >= 0.3 is 0 Å². The average Bonchev–Trinajstić information content (AvgIpc) is 2.12. The number of hydrogen-bond acceptors (Lipinski definition) is 1. The summed E-state index contributed by atoms with van der Waals surface area (Å²) in [5.74, 6) is 0. The largest absolute Gasteiger partial charge is 0.300 e. The molecule has 1 N–H and O–H groups in total. The molecule has 1 aromatic carbocycles. The topological polar surface area (TPSA) is 23.9 Å². The fourth-order valence-electron chi connectivity index (χ4n) is 1.39. The SMILES string of the molecule is C=C/C=C\C(=N)c1cc(C)cc(C)c1. The standard InChI is InChI=1S/C13H15N/c1-4-5-6-13(14)12-8-10(2)7-11(3)9-12/h4-9,14H,1H2,2-3H3/b6-5-,14-13?. The van der Waals surface area contributed by atoms with Crippen LogP contribution in [0.15, 0.2) is 43.0 Å². The molecule has 0 spiro atoms. The molecule has 0 bridgehead atoms. The van der Waals surface area contributed by atoms with Crippen LogP contribution in [0.4, 0.5) is 0 Å². The van der Waals surface area contributed by atoms with E-state index in [9.17, 15) is 0 Å². The summed E-state index contributed by atoms with van der Waals surface area (Å²) < 4.78 is 0. The molecule has 1 nitrogen and oxygen atoms in total. The van der Waals surface area contributed by atoms with Crippen LogP contribution >= 0.6 is 0 Å². The van der Waals surface area contributed by atoms with E-state index in [2.05, 4.69) is 12.6 Å². The van der Waals surface area contributed by atoms with Crippen LogP contribution in [-0.2, 0) is 0 Å². The Kier molecular flexibility index (Phi) is 3.41. The summed E-state index contributed by atoms with van der Waals surface area (Å²) >= 11 is 0. The van der Waals surface area contributed by atoms with Crippen molar-refractivity contribution in [2.75, 3.05) is 0 Å². The van der Waals surface area contributed by atoms with Crippen LogP contribution in [-0.4, -0.2) is 5.71 Å². The Morgan fingerprint density at radius 2 is 1.79 bits per heavy atom. The first-order chi connectivity index (χ1) is 6.63. The summed E-state index contributed by atoms with van der Waals surface area (Å²) in [6.07, 6.45) is 5.21. The molecule has 0 aliphatic heterocycles. The molecule has 1 rings (SSSR count). The van der Waals surface area contributed by atoms with E-state index in [0.717, 1.165) is 5.56 Å². The molecular weight excluding hydrogens is 170 g/mol. The predicted molar refractivity (Wildman–Crippen MR) is 62.1 cm³/mol. The highest BCUT2D eigenvalue weighted by Gasteiger charge is 1.98. The van der Waals surface area contributed by atoms with Gasteiger partial charge in [-0.3, -0.25) is 0 Å². The molecular formula is C13H15N. The average molecular weight is 185 g/mol. The highest BCUT2D eigenvalue weighted by atomic mass is 14.4. The van der Waals surface area contributed by atoms with Gasteiger partial charge in [0.05, 0.1) is 5.71 Å². The van der Waals surface area contributed by atoms with Crippen LogP contribution in [0.2, 0.25) is 0 Å². The molecule has 0 saturated carbocycles. The number of hydrogen-bond donors (Lipinski definition) is 1. The molecule has 0 saturated heterocycles. The number of nitrogens with one attached hydrogen (secondary N) is 1. The van der Waals surface area contributed by atoms with E-state index in [4.69, 9.17) is 5.41 Å². The lowest BCUT2D eigenvalue weighted by Gasteiger charge is -2.02. The molecule has 0 fully saturated rings. The van der Waals surface area contributed by atoms with Crippen LogP contribution in [0.5, 0.6) is 0 Å². The highest BCUT2D eigenvalue weighted by Crippen LogP contribution is 2.09. The van der Waals surface area contributed by atoms with Crippen molar-refractivity contribution in [1.82, 2.24) is 0 Å². The van der Waals surface area contributed by atoms with Crippen molar-refractivity contribution in [3.8, 4) is 0 Å². The fourth-order valence-corrected chi connectivity index (χ4v) is 1.39. The van der Waals surface area contributed by atoms with Gasteiger partial charge in [0.15, 0.2) is 0 Å². The summed E-state index contributed by atoms with van der Waals surface area (Å²) in [7, 11) is 0. The highest BCUT2D eigenvalue weighted by molar-refractivity contribution is 6.06. The van der Waals surface area contributed by atoms with Gasteiger partial charge in [-0.05, 0) is 37.6 Å². The van der Waals surface area contributed by atoms with Crippen molar-refractivity contribution in [3.63, 3.8) is 0 Å². The Morgan fingerprint density at radius 1 is 1.21 bits per heavy atom. The molecule has 0 unspecified atom stereocenters. The van der Waals surface area contributed by atoms with E-state index in [-0.39, 0.29) is 0 Å². The molecule has 0 aromatic heterocycles. The number of aryl methyl sites for hydroxylation is 2. The molecule has 0 heterocycles. The van der Waals surface area contributed by atoms with Crippen molar-refractivity contribution < 1.29 is 0 Å². The second-order valence-electron chi connectivity index (χ2n) is 3.38. The van der Waals surface area contributed by atoms with Crippen molar-refractivity contribution in [2.45, 2.75) is 13.8 Å². The zero-order chi connectivity index (χ0) is 10.6. The molecule has 14 heavy (non-hydrogen) atoms. The lowest BCUT2D eigenvalue weighted by molar-refractivity contribution is 1.36. The first-order valence-corrected chi connectivity index (χ1v) is 4.60. The summed E-state index contributed by atoms with van der Waals surface area (Å²) in [5.41, 5.74) is 3.87. The van der Waals surface area contributed by atoms with Crippen molar-refractivity contribution >= 4 is 5.71 Å². The molecule has 0 radical (unpaired) electrons. The molecule has 1 aromatic rings. The summed E-state index contributed by atoms with van der Waals surface area (Å²) in [5, 5.41) is 7.79. The van der Waals surface area contributed by atoms with E-state index in [1.54, 1.807) is 18.2 Å². The summed E-state index contributed by atoms with van der Waals surface area (Å²) in [4.78, 5) is 0. The van der Waals surface area contributed by atoms with E-state index < -0.39 is 0 Å². The maximum absolute atomic E-state index is 7.79. The van der Waals surface area contributed by atoms with E-state index in [1.807, 2.05) is 26.0 Å². The van der Waals surface area contributed by atoms with Gasteiger partial charge in [-0.2, -0.15) is 0 Å². The molecule has 0 amide bonds. The Bertz CT molecular complexity index is 366. The second-order valence-corrected chi connectivity index (χ2v) is 3.38. The van der Waals surface area contributed by atoms with Crippen LogP contribution < -0.4 is 0 Å². The van der Waals surface area contributed by atoms with Gasteiger partial charge in [0.25, 0.3) is 0 Å². The third kappa shape index (κ3) is 2.70. The maximum Gasteiger partial charge on any atom is 0.0612 e. The molecule has 0 aliphatic rings. The monoisotopic (exact) mass is 185 g/mol. The third-order valence-electron chi connectivity index (χ3n) is 1.93. The first kappa shape index (κ1) is 10.5. The van der Waals surface area contributed by atoms with Crippen LogP contribution in [0.1, 0.15) is 16.7 Å². The van der Waals surface area contributed by atoms with Gasteiger partial charge in [-0.25, -0.2) is 0 Å². The Labute approximate surface area is 85.3 Å². The van der Waals surface area contributed by atoms with E-state index in [0.29, 0.717) is 5.71 Å². The molecule has 72 valence electrons. The zero-order valence-corrected chi connectivity index (χ0v) is 8.67. The van der Waals surface area contributed by atoms with Crippen molar-refractivity contribution in [3.05, 3.63) is 59.7 Å². The van der Waals surface area contributed by atoms with Gasteiger partial charge in [-0.1, -0.05) is 35.9 Å². The second kappa shape index (κ2) is 4.56. The van der Waals surface area contributed by atoms with Gasteiger partial charge in [0.2, 0.25) is 0 Å². The third-order valence-corrected chi connectivity index (χ3v) is 1.93. The maximum atomic E-state index is 7.79. The van der Waals surface area contributed by atoms with Crippen LogP contribution in [0, 0.1) is 19.3 Å². The Morgan fingerprint density at radius 3 is 2.29 bits per heavy atom. The lowest BCUT2D eigenvalue weighted by atomic mass is 10.0. The van der Waals surface area contributed by atoms with Crippen molar-refractivity contribution in [1.29, 1.82) is 5.41 Å². The molecule has 1 heteroatoms. The number of allylic oxidation sites excluding steroid dienone is 3. The van der Waals surface area contributed by atoms with E-state index >= 15 is 0 Å². The van der Waals surface area contributed by atoms with Gasteiger partial charge < -0.3 is 5.41 Å². The zero-order valence-electron chi connectivity index (χ0n) is 8.67.